The van der Waals surface area contributed by atoms with Gasteiger partial charge < -0.3 is 14.8 Å². The standard InChI is InChI=1S/C17H18ClF2N5O.ClH/c18-12-8-13(19)11(7-14(12)20)17(26)24-4-1-10(2-5-24)16-23-22-15-9-21-3-6-25(15)16;/h7-8,10,21H,1-6,9H2;1H. The van der Waals surface area contributed by atoms with E-state index in [0.29, 0.717) is 19.6 Å². The maximum Gasteiger partial charge on any atom is 0.256 e. The number of rotatable bonds is 2. The van der Waals surface area contributed by atoms with E-state index < -0.39 is 17.5 Å². The molecule has 6 nitrogen and oxygen atoms in total. The largest absolute Gasteiger partial charge is 0.339 e. The van der Waals surface area contributed by atoms with E-state index >= 15 is 0 Å². The van der Waals surface area contributed by atoms with Gasteiger partial charge in [0.2, 0.25) is 0 Å². The number of amides is 1. The van der Waals surface area contributed by atoms with Crippen molar-refractivity contribution in [1.82, 2.24) is 25.0 Å². The Morgan fingerprint density at radius 1 is 1.15 bits per heavy atom. The highest BCUT2D eigenvalue weighted by Gasteiger charge is 2.30. The fourth-order valence-corrected chi connectivity index (χ4v) is 3.76. The summed E-state index contributed by atoms with van der Waals surface area (Å²) in [5, 5.41) is 11.5. The van der Waals surface area contributed by atoms with E-state index in [1.54, 1.807) is 4.90 Å². The zero-order chi connectivity index (χ0) is 18.3. The Balaban J connectivity index is 0.00000210. The van der Waals surface area contributed by atoms with Gasteiger partial charge in [-0.25, -0.2) is 8.78 Å². The lowest BCUT2D eigenvalue weighted by Crippen LogP contribution is -2.39. The molecule has 0 spiro atoms. The van der Waals surface area contributed by atoms with Gasteiger partial charge in [0.1, 0.15) is 23.3 Å². The lowest BCUT2D eigenvalue weighted by Gasteiger charge is -2.32. The molecule has 27 heavy (non-hydrogen) atoms. The molecule has 2 aliphatic heterocycles. The van der Waals surface area contributed by atoms with Crippen LogP contribution in [0.5, 0.6) is 0 Å². The first-order valence-electron chi connectivity index (χ1n) is 8.61. The van der Waals surface area contributed by atoms with Gasteiger partial charge in [-0.15, -0.1) is 22.6 Å². The summed E-state index contributed by atoms with van der Waals surface area (Å²) in [6.07, 6.45) is 1.43. The van der Waals surface area contributed by atoms with Crippen LogP contribution >= 0.6 is 24.0 Å². The van der Waals surface area contributed by atoms with E-state index in [0.717, 1.165) is 49.7 Å². The highest BCUT2D eigenvalue weighted by atomic mass is 35.5. The summed E-state index contributed by atoms with van der Waals surface area (Å²) in [6.45, 7) is 3.37. The Morgan fingerprint density at radius 3 is 2.63 bits per heavy atom. The van der Waals surface area contributed by atoms with Crippen LogP contribution in [0.1, 0.15) is 40.8 Å². The lowest BCUT2D eigenvalue weighted by molar-refractivity contribution is 0.0705. The molecule has 2 aromatic rings. The third-order valence-electron chi connectivity index (χ3n) is 5.04. The number of nitrogens with one attached hydrogen (secondary N) is 1. The highest BCUT2D eigenvalue weighted by molar-refractivity contribution is 6.30. The fraction of sp³-hybridized carbons (Fsp3) is 0.471. The number of likely N-dealkylation sites (tertiary alicyclic amines) is 1. The molecule has 10 heteroatoms. The molecule has 1 aromatic heterocycles. The van der Waals surface area contributed by atoms with E-state index in [2.05, 4.69) is 20.1 Å². The number of piperidine rings is 1. The van der Waals surface area contributed by atoms with Crippen molar-refractivity contribution in [3.63, 3.8) is 0 Å². The van der Waals surface area contributed by atoms with Crippen molar-refractivity contribution in [1.29, 1.82) is 0 Å². The lowest BCUT2D eigenvalue weighted by atomic mass is 9.95. The smallest absolute Gasteiger partial charge is 0.256 e. The number of hydrogen-bond donors (Lipinski definition) is 1. The van der Waals surface area contributed by atoms with E-state index in [1.807, 2.05) is 0 Å². The fourth-order valence-electron chi connectivity index (χ4n) is 3.61. The molecule has 2 aliphatic rings. The van der Waals surface area contributed by atoms with Crippen molar-refractivity contribution in [3.05, 3.63) is 46.0 Å². The first kappa shape index (κ1) is 20.0. The predicted molar refractivity (Wildman–Crippen MR) is 98.2 cm³/mol. The molecule has 0 saturated carbocycles. The molecule has 1 fully saturated rings. The molecule has 0 aliphatic carbocycles. The van der Waals surface area contributed by atoms with Gasteiger partial charge >= 0.3 is 0 Å². The molecule has 1 saturated heterocycles. The first-order valence-corrected chi connectivity index (χ1v) is 8.99. The molecule has 1 aromatic carbocycles. The first-order chi connectivity index (χ1) is 12.5. The summed E-state index contributed by atoms with van der Waals surface area (Å²) in [7, 11) is 0. The van der Waals surface area contributed by atoms with Crippen LogP contribution < -0.4 is 5.32 Å². The van der Waals surface area contributed by atoms with Gasteiger partial charge in [0, 0.05) is 32.1 Å². The Kier molecular flexibility index (Phi) is 5.98. The van der Waals surface area contributed by atoms with Crippen LogP contribution in [0.25, 0.3) is 0 Å². The number of nitrogens with zero attached hydrogens (tertiary/aromatic N) is 4. The van der Waals surface area contributed by atoms with Crippen molar-refractivity contribution < 1.29 is 13.6 Å². The monoisotopic (exact) mass is 417 g/mol. The minimum Gasteiger partial charge on any atom is -0.339 e. The van der Waals surface area contributed by atoms with Crippen LogP contribution in [-0.2, 0) is 13.1 Å². The van der Waals surface area contributed by atoms with Gasteiger partial charge in [-0.05, 0) is 25.0 Å². The third-order valence-corrected chi connectivity index (χ3v) is 5.33. The van der Waals surface area contributed by atoms with Crippen molar-refractivity contribution >= 4 is 29.9 Å². The predicted octanol–water partition coefficient (Wildman–Crippen LogP) is 2.75. The second-order valence-electron chi connectivity index (χ2n) is 6.62. The van der Waals surface area contributed by atoms with Crippen LogP contribution in [-0.4, -0.2) is 45.2 Å². The van der Waals surface area contributed by atoms with Gasteiger partial charge in [0.15, 0.2) is 0 Å². The average molecular weight is 418 g/mol. The highest BCUT2D eigenvalue weighted by Crippen LogP contribution is 2.29. The number of halogens is 4. The minimum absolute atomic E-state index is 0. The van der Waals surface area contributed by atoms with Crippen molar-refractivity contribution in [2.75, 3.05) is 19.6 Å². The van der Waals surface area contributed by atoms with Crippen molar-refractivity contribution in [3.8, 4) is 0 Å². The molecule has 0 unspecified atom stereocenters. The Labute approximate surface area is 166 Å². The second kappa shape index (κ2) is 8.08. The van der Waals surface area contributed by atoms with Gasteiger partial charge in [-0.3, -0.25) is 4.79 Å². The number of carbonyl (C=O) groups excluding carboxylic acids is 1. The van der Waals surface area contributed by atoms with Crippen molar-refractivity contribution in [2.24, 2.45) is 0 Å². The van der Waals surface area contributed by atoms with Crippen LogP contribution in [0, 0.1) is 11.6 Å². The zero-order valence-electron chi connectivity index (χ0n) is 14.4. The number of benzene rings is 1. The maximum atomic E-state index is 14.0. The quantitative estimate of drug-likeness (QED) is 0.763. The van der Waals surface area contributed by atoms with Crippen LogP contribution in [0.3, 0.4) is 0 Å². The number of aromatic nitrogens is 3. The molecule has 0 atom stereocenters. The van der Waals surface area contributed by atoms with Crippen LogP contribution in [0.15, 0.2) is 12.1 Å². The van der Waals surface area contributed by atoms with E-state index in [1.165, 1.54) is 0 Å². The maximum absolute atomic E-state index is 14.0. The van der Waals surface area contributed by atoms with Gasteiger partial charge in [0.05, 0.1) is 17.1 Å². The van der Waals surface area contributed by atoms with E-state index in [-0.39, 0.29) is 28.9 Å². The molecule has 0 radical (unpaired) electrons. The second-order valence-corrected chi connectivity index (χ2v) is 7.02. The zero-order valence-corrected chi connectivity index (χ0v) is 16.0. The molecule has 146 valence electrons. The minimum atomic E-state index is -0.803. The normalized spacial score (nSPS) is 17.4. The van der Waals surface area contributed by atoms with E-state index in [9.17, 15) is 13.6 Å². The molecule has 1 amide bonds. The Bertz CT molecular complexity index is 852. The molecule has 0 bridgehead atoms. The van der Waals surface area contributed by atoms with Crippen LogP contribution in [0.2, 0.25) is 5.02 Å². The van der Waals surface area contributed by atoms with Gasteiger partial charge in [-0.2, -0.15) is 0 Å². The molecular weight excluding hydrogens is 399 g/mol. The molecular formula is C17H19Cl2F2N5O. The van der Waals surface area contributed by atoms with Crippen molar-refractivity contribution in [2.45, 2.75) is 31.8 Å². The SMILES string of the molecule is Cl.O=C(c1cc(F)c(Cl)cc1F)N1CCC(c2nnc3n2CCNC3)CC1. The Hall–Kier alpha value is -1.77. The summed E-state index contributed by atoms with van der Waals surface area (Å²) < 4.78 is 29.7. The number of fused-ring (bicyclic) bond motifs is 1. The summed E-state index contributed by atoms with van der Waals surface area (Å²) in [4.78, 5) is 14.1. The van der Waals surface area contributed by atoms with E-state index in [4.69, 9.17) is 11.6 Å². The molecule has 4 rings (SSSR count). The number of hydrogen-bond acceptors (Lipinski definition) is 4. The summed E-state index contributed by atoms with van der Waals surface area (Å²) in [5.74, 6) is -0.00692. The summed E-state index contributed by atoms with van der Waals surface area (Å²) >= 11 is 5.55. The molecule has 1 N–H and O–H groups in total. The Morgan fingerprint density at radius 2 is 1.89 bits per heavy atom. The third kappa shape index (κ3) is 3.79. The average Bonchev–Trinajstić information content (AvgIpc) is 3.08. The van der Waals surface area contributed by atoms with Gasteiger partial charge in [-0.1, -0.05) is 11.6 Å². The van der Waals surface area contributed by atoms with Gasteiger partial charge in [0.25, 0.3) is 5.91 Å². The number of carbonyl (C=O) groups is 1. The topological polar surface area (TPSA) is 63.1 Å². The van der Waals surface area contributed by atoms with Crippen LogP contribution in [0.4, 0.5) is 8.78 Å². The summed E-state index contributed by atoms with van der Waals surface area (Å²) in [6, 6.07) is 1.71. The summed E-state index contributed by atoms with van der Waals surface area (Å²) in [5.41, 5.74) is -0.281. The molecule has 3 heterocycles.